The topological polar surface area (TPSA) is 77.8 Å². The lowest BCUT2D eigenvalue weighted by Crippen LogP contribution is -2.14. The van der Waals surface area contributed by atoms with Gasteiger partial charge in [0.25, 0.3) is 0 Å². The van der Waals surface area contributed by atoms with E-state index in [4.69, 9.17) is 5.11 Å². The minimum atomic E-state index is -1.68. The molecule has 0 bridgehead atoms. The first-order chi connectivity index (χ1) is 7.36. The highest BCUT2D eigenvalue weighted by Gasteiger charge is 2.25. The lowest BCUT2D eigenvalue weighted by Gasteiger charge is -2.18. The Hall–Kier alpha value is -1.55. The number of aromatic hydroxyl groups is 1. The van der Waals surface area contributed by atoms with Gasteiger partial charge in [0, 0.05) is 5.56 Å². The van der Waals surface area contributed by atoms with Crippen LogP contribution in [0.5, 0.6) is 5.75 Å². The smallest absolute Gasteiger partial charge is 0.337 e. The van der Waals surface area contributed by atoms with Gasteiger partial charge in [0.05, 0.1) is 0 Å². The summed E-state index contributed by atoms with van der Waals surface area (Å²) in [6, 6.07) is 3.45. The standard InChI is InChI=1S/C12H16O4/c1-6(2)8-5-4-7(3)10(13)9(8)11(14)12(15)16/h4-6,11,13-14H,1-3H3,(H,15,16). The maximum Gasteiger partial charge on any atom is 0.337 e. The van der Waals surface area contributed by atoms with Crippen LogP contribution in [0.15, 0.2) is 12.1 Å². The fourth-order valence-corrected chi connectivity index (χ4v) is 1.65. The van der Waals surface area contributed by atoms with Gasteiger partial charge in [-0.15, -0.1) is 0 Å². The number of aliphatic hydroxyl groups excluding tert-OH is 1. The van der Waals surface area contributed by atoms with E-state index in [0.717, 1.165) is 0 Å². The summed E-state index contributed by atoms with van der Waals surface area (Å²) in [7, 11) is 0. The maximum atomic E-state index is 10.8. The quantitative estimate of drug-likeness (QED) is 0.733. The van der Waals surface area contributed by atoms with E-state index < -0.39 is 12.1 Å². The number of hydrogen-bond acceptors (Lipinski definition) is 3. The number of aliphatic hydroxyl groups is 1. The van der Waals surface area contributed by atoms with E-state index in [1.165, 1.54) is 0 Å². The minimum absolute atomic E-state index is 0.0375. The molecule has 1 aromatic carbocycles. The second-order valence-electron chi connectivity index (χ2n) is 4.13. The lowest BCUT2D eigenvalue weighted by molar-refractivity contribution is -0.147. The van der Waals surface area contributed by atoms with E-state index >= 15 is 0 Å². The Labute approximate surface area is 94.2 Å². The number of aryl methyl sites for hydroxylation is 1. The molecule has 3 N–H and O–H groups in total. The molecule has 0 spiro atoms. The Morgan fingerprint density at radius 3 is 2.31 bits per heavy atom. The van der Waals surface area contributed by atoms with Crippen molar-refractivity contribution in [3.8, 4) is 5.75 Å². The Morgan fingerprint density at radius 1 is 1.31 bits per heavy atom. The van der Waals surface area contributed by atoms with E-state index in [1.807, 2.05) is 13.8 Å². The van der Waals surface area contributed by atoms with Crippen molar-refractivity contribution in [1.82, 2.24) is 0 Å². The Balaban J connectivity index is 3.43. The van der Waals surface area contributed by atoms with Crippen LogP contribution in [-0.4, -0.2) is 21.3 Å². The number of carboxylic acid groups (broad SMARTS) is 1. The summed E-state index contributed by atoms with van der Waals surface area (Å²) in [5, 5.41) is 28.2. The van der Waals surface area contributed by atoms with Gasteiger partial charge in [-0.05, 0) is 24.0 Å². The summed E-state index contributed by atoms with van der Waals surface area (Å²) in [4.78, 5) is 10.8. The van der Waals surface area contributed by atoms with Gasteiger partial charge < -0.3 is 15.3 Å². The van der Waals surface area contributed by atoms with Crippen LogP contribution in [0.3, 0.4) is 0 Å². The third kappa shape index (κ3) is 2.17. The number of benzene rings is 1. The van der Waals surface area contributed by atoms with E-state index in [2.05, 4.69) is 0 Å². The molecule has 1 atom stereocenters. The lowest BCUT2D eigenvalue weighted by atomic mass is 9.91. The number of hydrogen-bond donors (Lipinski definition) is 3. The molecule has 0 aliphatic carbocycles. The molecule has 0 radical (unpaired) electrons. The monoisotopic (exact) mass is 224 g/mol. The third-order valence-electron chi connectivity index (χ3n) is 2.58. The van der Waals surface area contributed by atoms with E-state index in [-0.39, 0.29) is 17.2 Å². The predicted molar refractivity (Wildman–Crippen MR) is 59.5 cm³/mol. The number of aliphatic carboxylic acids is 1. The van der Waals surface area contributed by atoms with Gasteiger partial charge in [0.1, 0.15) is 5.75 Å². The van der Waals surface area contributed by atoms with Crippen LogP contribution in [0.1, 0.15) is 42.6 Å². The fraction of sp³-hybridized carbons (Fsp3) is 0.417. The Bertz CT molecular complexity index is 410. The number of phenols is 1. The number of carboxylic acids is 1. The van der Waals surface area contributed by atoms with Crippen molar-refractivity contribution in [3.05, 3.63) is 28.8 Å². The first-order valence-electron chi connectivity index (χ1n) is 5.09. The van der Waals surface area contributed by atoms with Gasteiger partial charge >= 0.3 is 5.97 Å². The van der Waals surface area contributed by atoms with Gasteiger partial charge in [-0.2, -0.15) is 0 Å². The molecule has 0 aromatic heterocycles. The van der Waals surface area contributed by atoms with Gasteiger partial charge in [0.15, 0.2) is 6.10 Å². The summed E-state index contributed by atoms with van der Waals surface area (Å²) in [6.07, 6.45) is -1.68. The molecule has 1 rings (SSSR count). The van der Waals surface area contributed by atoms with Crippen molar-refractivity contribution in [1.29, 1.82) is 0 Å². The molecule has 4 heteroatoms. The third-order valence-corrected chi connectivity index (χ3v) is 2.58. The van der Waals surface area contributed by atoms with E-state index in [0.29, 0.717) is 11.1 Å². The predicted octanol–water partition coefficient (Wildman–Crippen LogP) is 1.94. The molecular formula is C12H16O4. The van der Waals surface area contributed by atoms with Crippen molar-refractivity contribution >= 4 is 5.97 Å². The van der Waals surface area contributed by atoms with E-state index in [9.17, 15) is 15.0 Å². The zero-order valence-electron chi connectivity index (χ0n) is 9.56. The van der Waals surface area contributed by atoms with Crippen LogP contribution in [0.2, 0.25) is 0 Å². The van der Waals surface area contributed by atoms with Gasteiger partial charge in [0.2, 0.25) is 0 Å². The van der Waals surface area contributed by atoms with Crippen LogP contribution < -0.4 is 0 Å². The summed E-state index contributed by atoms with van der Waals surface area (Å²) in [5.41, 5.74) is 1.31. The average Bonchev–Trinajstić information content (AvgIpc) is 2.20. The number of carbonyl (C=O) groups is 1. The molecule has 0 aliphatic rings. The van der Waals surface area contributed by atoms with Crippen molar-refractivity contribution in [2.24, 2.45) is 0 Å². The molecule has 0 amide bonds. The van der Waals surface area contributed by atoms with Gasteiger partial charge in [-0.3, -0.25) is 0 Å². The highest BCUT2D eigenvalue weighted by atomic mass is 16.4. The molecule has 0 saturated carbocycles. The highest BCUT2D eigenvalue weighted by Crippen LogP contribution is 2.34. The molecule has 0 saturated heterocycles. The second kappa shape index (κ2) is 4.53. The molecule has 0 aliphatic heterocycles. The molecule has 4 nitrogen and oxygen atoms in total. The molecule has 0 fully saturated rings. The van der Waals surface area contributed by atoms with Crippen LogP contribution in [0.4, 0.5) is 0 Å². The van der Waals surface area contributed by atoms with Crippen LogP contribution >= 0.6 is 0 Å². The molecule has 16 heavy (non-hydrogen) atoms. The zero-order valence-corrected chi connectivity index (χ0v) is 9.56. The molecule has 1 unspecified atom stereocenters. The summed E-state index contributed by atoms with van der Waals surface area (Å²) >= 11 is 0. The maximum absolute atomic E-state index is 10.8. The Kier molecular flexibility index (Phi) is 3.55. The summed E-state index contributed by atoms with van der Waals surface area (Å²) in [6.45, 7) is 5.42. The molecule has 1 aromatic rings. The average molecular weight is 224 g/mol. The summed E-state index contributed by atoms with van der Waals surface area (Å²) in [5.74, 6) is -1.46. The number of phenolic OH excluding ortho intramolecular Hbond substituents is 1. The highest BCUT2D eigenvalue weighted by molar-refractivity contribution is 5.76. The first-order valence-corrected chi connectivity index (χ1v) is 5.09. The normalized spacial score (nSPS) is 12.8. The molecular weight excluding hydrogens is 208 g/mol. The van der Waals surface area contributed by atoms with Gasteiger partial charge in [-0.25, -0.2) is 4.79 Å². The van der Waals surface area contributed by atoms with Crippen LogP contribution in [0, 0.1) is 6.92 Å². The molecule has 0 heterocycles. The van der Waals surface area contributed by atoms with Crippen molar-refractivity contribution < 1.29 is 20.1 Å². The largest absolute Gasteiger partial charge is 0.507 e. The minimum Gasteiger partial charge on any atom is -0.507 e. The van der Waals surface area contributed by atoms with Crippen LogP contribution in [0.25, 0.3) is 0 Å². The van der Waals surface area contributed by atoms with E-state index in [1.54, 1.807) is 19.1 Å². The van der Waals surface area contributed by atoms with Crippen molar-refractivity contribution in [2.45, 2.75) is 32.8 Å². The first kappa shape index (κ1) is 12.5. The fourth-order valence-electron chi connectivity index (χ4n) is 1.65. The number of rotatable bonds is 3. The van der Waals surface area contributed by atoms with Crippen molar-refractivity contribution in [2.75, 3.05) is 0 Å². The Morgan fingerprint density at radius 2 is 1.88 bits per heavy atom. The van der Waals surface area contributed by atoms with Gasteiger partial charge in [-0.1, -0.05) is 26.0 Å². The van der Waals surface area contributed by atoms with Crippen LogP contribution in [-0.2, 0) is 4.79 Å². The molecule has 88 valence electrons. The zero-order chi connectivity index (χ0) is 12.5. The SMILES string of the molecule is Cc1ccc(C(C)C)c(C(O)C(=O)O)c1O. The van der Waals surface area contributed by atoms with Crippen molar-refractivity contribution in [3.63, 3.8) is 0 Å². The summed E-state index contributed by atoms with van der Waals surface area (Å²) < 4.78 is 0. The second-order valence-corrected chi connectivity index (χ2v) is 4.13.